The Morgan fingerprint density at radius 2 is 0.868 bits per heavy atom. The molecule has 4 aromatic rings. The van der Waals surface area contributed by atoms with Crippen molar-refractivity contribution in [3.05, 3.63) is 131 Å². The molecule has 38 heavy (non-hydrogen) atoms. The zero-order chi connectivity index (χ0) is 27.1. The van der Waals surface area contributed by atoms with Gasteiger partial charge in [-0.25, -0.2) is 16.8 Å². The van der Waals surface area contributed by atoms with Gasteiger partial charge in [0, 0.05) is 0 Å². The van der Waals surface area contributed by atoms with E-state index in [-0.39, 0.29) is 9.79 Å². The van der Waals surface area contributed by atoms with Gasteiger partial charge in [-0.05, 0) is 49.2 Å². The van der Waals surface area contributed by atoms with Gasteiger partial charge < -0.3 is 0 Å². The van der Waals surface area contributed by atoms with Crippen molar-refractivity contribution in [2.75, 3.05) is 0 Å². The van der Waals surface area contributed by atoms with Crippen LogP contribution >= 0.6 is 11.5 Å². The maximum atomic E-state index is 14.2. The Morgan fingerprint density at radius 1 is 0.553 bits per heavy atom. The van der Waals surface area contributed by atoms with Crippen LogP contribution in [0, 0.1) is 13.8 Å². The van der Waals surface area contributed by atoms with E-state index in [1.54, 1.807) is 72.8 Å². The normalized spacial score (nSPS) is 19.1. The van der Waals surface area contributed by atoms with E-state index in [0.717, 1.165) is 19.6 Å². The van der Waals surface area contributed by atoms with Crippen LogP contribution in [0.2, 0.25) is 0 Å². The van der Waals surface area contributed by atoms with Gasteiger partial charge in [0.2, 0.25) is 20.0 Å². The summed E-state index contributed by atoms with van der Waals surface area (Å²) < 4.78 is 59.0. The highest BCUT2D eigenvalue weighted by molar-refractivity contribution is 7.93. The molecular formula is C28H26BClN2O4S2. The van der Waals surface area contributed by atoms with Crippen molar-refractivity contribution < 1.29 is 16.8 Å². The summed E-state index contributed by atoms with van der Waals surface area (Å²) in [6.07, 6.45) is -1.52. The molecule has 10 heteroatoms. The van der Waals surface area contributed by atoms with Gasteiger partial charge in [-0.1, -0.05) is 96.1 Å². The Labute approximate surface area is 229 Å². The Balaban J connectivity index is 1.77. The Kier molecular flexibility index (Phi) is 7.24. The van der Waals surface area contributed by atoms with Crippen LogP contribution in [0.25, 0.3) is 0 Å². The van der Waals surface area contributed by atoms with Crippen LogP contribution in [0.15, 0.2) is 119 Å². The summed E-state index contributed by atoms with van der Waals surface area (Å²) >= 11 is 6.96. The third kappa shape index (κ3) is 4.69. The number of hydrogen-bond acceptors (Lipinski definition) is 4. The molecule has 5 rings (SSSR count). The molecule has 4 aromatic carbocycles. The van der Waals surface area contributed by atoms with E-state index in [1.165, 1.54) is 24.3 Å². The van der Waals surface area contributed by atoms with Crippen LogP contribution in [-0.4, -0.2) is 31.7 Å². The summed E-state index contributed by atoms with van der Waals surface area (Å²) in [6.45, 7) is 3.73. The van der Waals surface area contributed by atoms with E-state index in [1.807, 2.05) is 26.0 Å². The number of aryl methyl sites for hydroxylation is 2. The third-order valence-corrected chi connectivity index (χ3v) is 11.1. The maximum absolute atomic E-state index is 14.2. The van der Waals surface area contributed by atoms with Crippen molar-refractivity contribution in [1.82, 2.24) is 8.43 Å². The SMILES string of the molecule is Cc1ccc(S(=O)(=O)N2B(Cl)N(S(=O)(=O)c3ccc(C)cc3)[C@@H](c3ccccc3)[C@@H]2c2ccccc2)cc1. The Bertz CT molecular complexity index is 1510. The number of rotatable bonds is 6. The van der Waals surface area contributed by atoms with Crippen molar-refractivity contribution in [3.63, 3.8) is 0 Å². The van der Waals surface area contributed by atoms with Crippen molar-refractivity contribution in [2.45, 2.75) is 35.7 Å². The zero-order valence-electron chi connectivity index (χ0n) is 20.8. The molecule has 0 amide bonds. The fourth-order valence-corrected chi connectivity index (χ4v) is 8.92. The molecule has 0 saturated carbocycles. The first-order chi connectivity index (χ1) is 18.1. The molecule has 0 unspecified atom stereocenters. The van der Waals surface area contributed by atoms with Crippen LogP contribution in [0.1, 0.15) is 34.3 Å². The lowest BCUT2D eigenvalue weighted by molar-refractivity contribution is 0.377. The van der Waals surface area contributed by atoms with E-state index in [9.17, 15) is 16.8 Å². The minimum Gasteiger partial charge on any atom is -0.208 e. The lowest BCUT2D eigenvalue weighted by Gasteiger charge is -2.30. The average molecular weight is 565 g/mol. The minimum absolute atomic E-state index is 0.0380. The van der Waals surface area contributed by atoms with Gasteiger partial charge in [0.1, 0.15) is 0 Å². The summed E-state index contributed by atoms with van der Waals surface area (Å²) in [5, 5.41) is 0. The summed E-state index contributed by atoms with van der Waals surface area (Å²) in [5.41, 5.74) is 3.06. The maximum Gasteiger partial charge on any atom is 0.449 e. The molecule has 1 saturated heterocycles. The molecule has 1 heterocycles. The van der Waals surface area contributed by atoms with Gasteiger partial charge >= 0.3 is 6.40 Å². The first-order valence-electron chi connectivity index (χ1n) is 12.1. The van der Waals surface area contributed by atoms with Gasteiger partial charge in [0.05, 0.1) is 21.9 Å². The molecule has 0 N–H and O–H groups in total. The monoisotopic (exact) mass is 564 g/mol. The molecule has 0 aliphatic carbocycles. The molecule has 0 aromatic heterocycles. The molecular weight excluding hydrogens is 539 g/mol. The second kappa shape index (κ2) is 10.3. The highest BCUT2D eigenvalue weighted by Crippen LogP contribution is 2.51. The number of nitrogens with zero attached hydrogens (tertiary/aromatic N) is 2. The van der Waals surface area contributed by atoms with Crippen molar-refractivity contribution >= 4 is 37.9 Å². The topological polar surface area (TPSA) is 74.8 Å². The second-order valence-electron chi connectivity index (χ2n) is 9.32. The quantitative estimate of drug-likeness (QED) is 0.281. The summed E-state index contributed by atoms with van der Waals surface area (Å²) in [6, 6.07) is 29.1. The predicted octanol–water partition coefficient (Wildman–Crippen LogP) is 5.70. The third-order valence-electron chi connectivity index (χ3n) is 6.74. The van der Waals surface area contributed by atoms with Gasteiger partial charge in [-0.15, -0.1) is 11.5 Å². The number of halogens is 1. The molecule has 1 aliphatic rings. The number of hydrogen-bond donors (Lipinski definition) is 0. The lowest BCUT2D eigenvalue weighted by atomic mass is 9.95. The van der Waals surface area contributed by atoms with Crippen molar-refractivity contribution in [2.24, 2.45) is 0 Å². The van der Waals surface area contributed by atoms with Crippen LogP contribution in [-0.2, 0) is 20.0 Å². The van der Waals surface area contributed by atoms with E-state index < -0.39 is 38.5 Å². The van der Waals surface area contributed by atoms with Crippen molar-refractivity contribution in [1.29, 1.82) is 0 Å². The molecule has 6 nitrogen and oxygen atoms in total. The standard InChI is InChI=1S/C28H26BClN2O4S2/c1-21-13-17-25(18-14-21)37(33,34)31-27(23-9-5-3-6-10-23)28(24-11-7-4-8-12-24)32(29(31)30)38(35,36)26-19-15-22(2)16-20-26/h3-20,27-28H,1-2H3/t27-,28-/m0/s1. The highest BCUT2D eigenvalue weighted by Gasteiger charge is 2.60. The average Bonchev–Trinajstić information content (AvgIpc) is 3.24. The number of sulfonamides is 2. The van der Waals surface area contributed by atoms with Gasteiger partial charge in [-0.3, -0.25) is 0 Å². The Morgan fingerprint density at radius 3 is 1.18 bits per heavy atom. The molecule has 194 valence electrons. The molecule has 1 fully saturated rings. The van der Waals surface area contributed by atoms with E-state index in [0.29, 0.717) is 11.1 Å². The first kappa shape index (κ1) is 26.7. The van der Waals surface area contributed by atoms with Crippen molar-refractivity contribution in [3.8, 4) is 0 Å². The van der Waals surface area contributed by atoms with E-state index in [2.05, 4.69) is 0 Å². The first-order valence-corrected chi connectivity index (χ1v) is 15.4. The van der Waals surface area contributed by atoms with Gasteiger partial charge in [0.25, 0.3) is 0 Å². The lowest BCUT2D eigenvalue weighted by Crippen LogP contribution is -2.45. The molecule has 1 aliphatic heterocycles. The molecule has 0 bridgehead atoms. The minimum atomic E-state index is -4.23. The Hall–Kier alpha value is -2.95. The van der Waals surface area contributed by atoms with E-state index in [4.69, 9.17) is 11.5 Å². The highest BCUT2D eigenvalue weighted by atomic mass is 35.5. The van der Waals surface area contributed by atoms with Crippen LogP contribution in [0.4, 0.5) is 0 Å². The summed E-state index contributed by atoms with van der Waals surface area (Å²) in [7, 11) is -8.46. The largest absolute Gasteiger partial charge is 0.449 e. The van der Waals surface area contributed by atoms with Crippen LogP contribution in [0.3, 0.4) is 0 Å². The summed E-state index contributed by atoms with van der Waals surface area (Å²) in [4.78, 5) is 0.0761. The van der Waals surface area contributed by atoms with Crippen LogP contribution in [0.5, 0.6) is 0 Å². The fraction of sp³-hybridized carbons (Fsp3) is 0.143. The second-order valence-corrected chi connectivity index (χ2v) is 13.4. The van der Waals surface area contributed by atoms with Crippen LogP contribution < -0.4 is 0 Å². The molecule has 0 radical (unpaired) electrons. The molecule has 2 atom stereocenters. The van der Waals surface area contributed by atoms with Gasteiger partial charge in [-0.2, -0.15) is 8.43 Å². The zero-order valence-corrected chi connectivity index (χ0v) is 23.2. The predicted molar refractivity (Wildman–Crippen MR) is 150 cm³/mol. The van der Waals surface area contributed by atoms with Gasteiger partial charge in [0.15, 0.2) is 0 Å². The smallest absolute Gasteiger partial charge is 0.208 e. The molecule has 0 spiro atoms. The summed E-state index contributed by atoms with van der Waals surface area (Å²) in [5.74, 6) is 0. The van der Waals surface area contributed by atoms with E-state index >= 15 is 0 Å². The fourth-order valence-electron chi connectivity index (χ4n) is 4.81. The number of benzene rings is 4.